The van der Waals surface area contributed by atoms with Gasteiger partial charge in [-0.25, -0.2) is 0 Å². The Morgan fingerprint density at radius 1 is 1.41 bits per heavy atom. The van der Waals surface area contributed by atoms with Gasteiger partial charge in [0.25, 0.3) is 0 Å². The molecule has 0 heterocycles. The number of nitrogens with zero attached hydrogens (tertiary/aromatic N) is 1. The van der Waals surface area contributed by atoms with Crippen molar-refractivity contribution in [2.75, 3.05) is 0 Å². The normalized spacial score (nSPS) is 22.6. The van der Waals surface area contributed by atoms with Gasteiger partial charge in [0.2, 0.25) is 0 Å². The van der Waals surface area contributed by atoms with Crippen molar-refractivity contribution in [2.45, 2.75) is 26.2 Å². The Kier molecular flexibility index (Phi) is 3.01. The molecule has 0 saturated heterocycles. The Morgan fingerprint density at radius 2 is 2.18 bits per heavy atom. The fourth-order valence-corrected chi connectivity index (χ4v) is 2.31. The summed E-state index contributed by atoms with van der Waals surface area (Å²) in [6.45, 7) is 5.93. The number of hydrogen-bond acceptors (Lipinski definition) is 2. The maximum absolute atomic E-state index is 9.50. The highest BCUT2D eigenvalue weighted by Gasteiger charge is 2.20. The average molecular weight is 225 g/mol. The third kappa shape index (κ3) is 2.09. The minimum absolute atomic E-state index is 0.301. The molecule has 0 spiro atoms. The third-order valence-corrected chi connectivity index (χ3v) is 3.35. The lowest BCUT2D eigenvalue weighted by atomic mass is 9.81. The largest absolute Gasteiger partial charge is 0.508 e. The molecule has 2 nitrogen and oxygen atoms in total. The highest BCUT2D eigenvalue weighted by Crippen LogP contribution is 2.38. The van der Waals surface area contributed by atoms with E-state index >= 15 is 0 Å². The minimum Gasteiger partial charge on any atom is -0.508 e. The first-order chi connectivity index (χ1) is 8.13. The van der Waals surface area contributed by atoms with Gasteiger partial charge >= 0.3 is 0 Å². The van der Waals surface area contributed by atoms with Crippen LogP contribution in [0.3, 0.4) is 0 Å². The summed E-state index contributed by atoms with van der Waals surface area (Å²) in [6.07, 6.45) is 8.00. The molecule has 86 valence electrons. The summed E-state index contributed by atoms with van der Waals surface area (Å²) in [7, 11) is 0. The van der Waals surface area contributed by atoms with Crippen LogP contribution in [0.25, 0.3) is 0 Å². The van der Waals surface area contributed by atoms with Gasteiger partial charge in [-0.1, -0.05) is 18.2 Å². The molecule has 0 saturated carbocycles. The lowest BCUT2D eigenvalue weighted by Gasteiger charge is -2.22. The summed E-state index contributed by atoms with van der Waals surface area (Å²) in [5, 5.41) is 18.5. The first-order valence-corrected chi connectivity index (χ1v) is 5.72. The van der Waals surface area contributed by atoms with Crippen molar-refractivity contribution >= 4 is 0 Å². The maximum atomic E-state index is 9.50. The molecule has 0 aromatic heterocycles. The summed E-state index contributed by atoms with van der Waals surface area (Å²) in [4.78, 5) is 0. The van der Waals surface area contributed by atoms with Gasteiger partial charge in [0.1, 0.15) is 5.76 Å². The highest BCUT2D eigenvalue weighted by molar-refractivity contribution is 5.59. The van der Waals surface area contributed by atoms with Gasteiger partial charge < -0.3 is 5.11 Å². The Morgan fingerprint density at radius 3 is 2.88 bits per heavy atom. The average Bonchev–Trinajstić information content (AvgIpc) is 2.52. The van der Waals surface area contributed by atoms with Crippen LogP contribution in [0.15, 0.2) is 58.4 Å². The molecule has 17 heavy (non-hydrogen) atoms. The minimum atomic E-state index is 0.301. The van der Waals surface area contributed by atoms with Crippen LogP contribution >= 0.6 is 0 Å². The molecule has 0 aliphatic heterocycles. The molecule has 2 heteroatoms. The quantitative estimate of drug-likeness (QED) is 0.636. The zero-order valence-corrected chi connectivity index (χ0v) is 9.95. The predicted octanol–water partition coefficient (Wildman–Crippen LogP) is 3.87. The number of aliphatic hydroxyl groups excluding tert-OH is 1. The predicted molar refractivity (Wildman–Crippen MR) is 68.2 cm³/mol. The van der Waals surface area contributed by atoms with Gasteiger partial charge in [0.15, 0.2) is 0 Å². The molecule has 2 rings (SSSR count). The second kappa shape index (κ2) is 4.47. The highest BCUT2D eigenvalue weighted by atomic mass is 16.3. The maximum Gasteiger partial charge on any atom is 0.111 e. The van der Waals surface area contributed by atoms with Crippen LogP contribution in [-0.2, 0) is 0 Å². The van der Waals surface area contributed by atoms with Gasteiger partial charge in [-0.3, -0.25) is 0 Å². The zero-order chi connectivity index (χ0) is 12.4. The first-order valence-electron chi connectivity index (χ1n) is 5.72. The lowest BCUT2D eigenvalue weighted by molar-refractivity contribution is 0.430. The van der Waals surface area contributed by atoms with Crippen molar-refractivity contribution in [1.29, 1.82) is 5.26 Å². The smallest absolute Gasteiger partial charge is 0.111 e. The lowest BCUT2D eigenvalue weighted by Crippen LogP contribution is -2.05. The standard InChI is InChI=1S/C15H15NO/c1-10(9-16)14-7-4-12-3-5-13(17)6-8-15(12)11(14)2/h5-6,8,17H,2-4,7H2,1H3/b14-10+. The van der Waals surface area contributed by atoms with Crippen LogP contribution in [0.4, 0.5) is 0 Å². The molecule has 0 aromatic carbocycles. The van der Waals surface area contributed by atoms with E-state index in [1.807, 2.05) is 19.1 Å². The van der Waals surface area contributed by atoms with E-state index < -0.39 is 0 Å². The van der Waals surface area contributed by atoms with Crippen LogP contribution in [0.1, 0.15) is 26.2 Å². The van der Waals surface area contributed by atoms with Gasteiger partial charge in [-0.05, 0) is 55.1 Å². The molecule has 2 aliphatic rings. The summed E-state index contributed by atoms with van der Waals surface area (Å²) < 4.78 is 0. The second-order valence-electron chi connectivity index (χ2n) is 4.38. The van der Waals surface area contributed by atoms with E-state index in [4.69, 9.17) is 5.26 Å². The van der Waals surface area contributed by atoms with Gasteiger partial charge in [0, 0.05) is 5.57 Å². The van der Waals surface area contributed by atoms with Crippen LogP contribution in [-0.4, -0.2) is 5.11 Å². The molecular formula is C15H15NO. The summed E-state index contributed by atoms with van der Waals surface area (Å²) >= 11 is 0. The molecular weight excluding hydrogens is 210 g/mol. The topological polar surface area (TPSA) is 44.0 Å². The molecule has 2 aliphatic carbocycles. The summed E-state index contributed by atoms with van der Waals surface area (Å²) in [5.74, 6) is 0.301. The molecule has 1 N–H and O–H groups in total. The number of hydrogen-bond donors (Lipinski definition) is 1. The fourth-order valence-electron chi connectivity index (χ4n) is 2.31. The van der Waals surface area contributed by atoms with E-state index in [0.717, 1.165) is 41.6 Å². The SMILES string of the molecule is C=C1C2=C(CC=C(O)C=C2)CC/C1=C(/C)C#N. The van der Waals surface area contributed by atoms with Gasteiger partial charge in [0.05, 0.1) is 6.07 Å². The van der Waals surface area contributed by atoms with Crippen molar-refractivity contribution < 1.29 is 5.11 Å². The first kappa shape index (κ1) is 11.5. The van der Waals surface area contributed by atoms with E-state index in [9.17, 15) is 5.11 Å². The zero-order valence-electron chi connectivity index (χ0n) is 9.95. The molecule has 0 unspecified atom stereocenters. The summed E-state index contributed by atoms with van der Waals surface area (Å²) in [5.41, 5.74) is 5.12. The molecule has 0 radical (unpaired) electrons. The van der Waals surface area contributed by atoms with Gasteiger partial charge in [-0.2, -0.15) is 5.26 Å². The third-order valence-electron chi connectivity index (χ3n) is 3.35. The Labute approximate surface area is 102 Å². The number of nitriles is 1. The molecule has 0 aromatic rings. The van der Waals surface area contributed by atoms with Crippen molar-refractivity contribution in [2.24, 2.45) is 0 Å². The Bertz CT molecular complexity index is 536. The molecule has 0 bridgehead atoms. The van der Waals surface area contributed by atoms with Gasteiger partial charge in [-0.15, -0.1) is 0 Å². The molecule has 0 atom stereocenters. The fraction of sp³-hybridized carbons (Fsp3) is 0.267. The van der Waals surface area contributed by atoms with Crippen molar-refractivity contribution in [3.05, 3.63) is 58.4 Å². The van der Waals surface area contributed by atoms with E-state index in [0.29, 0.717) is 5.76 Å². The second-order valence-corrected chi connectivity index (χ2v) is 4.38. The number of rotatable bonds is 0. The van der Waals surface area contributed by atoms with Crippen molar-refractivity contribution in [3.8, 4) is 6.07 Å². The van der Waals surface area contributed by atoms with Crippen LogP contribution < -0.4 is 0 Å². The Balaban J connectivity index is 2.44. The van der Waals surface area contributed by atoms with Crippen molar-refractivity contribution in [1.82, 2.24) is 0 Å². The van der Waals surface area contributed by atoms with Crippen LogP contribution in [0.2, 0.25) is 0 Å². The molecule has 0 amide bonds. The van der Waals surface area contributed by atoms with Crippen LogP contribution in [0, 0.1) is 11.3 Å². The molecule has 0 fully saturated rings. The monoisotopic (exact) mass is 225 g/mol. The number of aliphatic hydroxyl groups is 1. The summed E-state index contributed by atoms with van der Waals surface area (Å²) in [6, 6.07) is 2.19. The van der Waals surface area contributed by atoms with Crippen LogP contribution in [0.5, 0.6) is 0 Å². The van der Waals surface area contributed by atoms with E-state index in [-0.39, 0.29) is 0 Å². The van der Waals surface area contributed by atoms with E-state index in [1.54, 1.807) is 6.08 Å². The Hall–Kier alpha value is -2.01. The number of allylic oxidation sites excluding steroid dienone is 8. The van der Waals surface area contributed by atoms with E-state index in [1.165, 1.54) is 5.57 Å². The van der Waals surface area contributed by atoms with E-state index in [2.05, 4.69) is 12.6 Å². The van der Waals surface area contributed by atoms with Crippen molar-refractivity contribution in [3.63, 3.8) is 0 Å².